The molecule has 0 saturated carbocycles. The monoisotopic (exact) mass is 280 g/mol. The largest absolute Gasteiger partial charge is 0.329 e. The summed E-state index contributed by atoms with van der Waals surface area (Å²) in [6, 6.07) is 5.69. The molecule has 108 valence electrons. The van der Waals surface area contributed by atoms with Gasteiger partial charge < -0.3 is 5.73 Å². The summed E-state index contributed by atoms with van der Waals surface area (Å²) >= 11 is 1.97. The van der Waals surface area contributed by atoms with Gasteiger partial charge in [0.15, 0.2) is 0 Å². The van der Waals surface area contributed by atoms with Gasteiger partial charge in [0.2, 0.25) is 0 Å². The number of hydrogen-bond donors (Lipinski definition) is 1. The van der Waals surface area contributed by atoms with Gasteiger partial charge in [-0.05, 0) is 50.8 Å². The second-order valence-electron chi connectivity index (χ2n) is 5.76. The highest BCUT2D eigenvalue weighted by atomic mass is 32.1. The van der Waals surface area contributed by atoms with Crippen molar-refractivity contribution in [3.05, 3.63) is 21.9 Å². The molecule has 0 amide bonds. The van der Waals surface area contributed by atoms with Crippen LogP contribution in [-0.4, -0.2) is 24.0 Å². The summed E-state index contributed by atoms with van der Waals surface area (Å²) in [5, 5.41) is 0. The Balaban J connectivity index is 2.06. The third kappa shape index (κ3) is 3.39. The highest BCUT2D eigenvalue weighted by Crippen LogP contribution is 2.34. The molecule has 1 aromatic rings. The van der Waals surface area contributed by atoms with Crippen LogP contribution in [0.1, 0.15) is 55.8 Å². The number of piperidine rings is 1. The van der Waals surface area contributed by atoms with E-state index in [-0.39, 0.29) is 0 Å². The Morgan fingerprint density at radius 2 is 2.21 bits per heavy atom. The van der Waals surface area contributed by atoms with E-state index in [9.17, 15) is 0 Å². The summed E-state index contributed by atoms with van der Waals surface area (Å²) in [6.45, 7) is 8.90. The van der Waals surface area contributed by atoms with E-state index in [1.165, 1.54) is 35.6 Å². The maximum absolute atomic E-state index is 6.02. The van der Waals surface area contributed by atoms with Crippen LogP contribution < -0.4 is 5.73 Å². The summed E-state index contributed by atoms with van der Waals surface area (Å²) in [4.78, 5) is 5.64. The van der Waals surface area contributed by atoms with Gasteiger partial charge in [0.25, 0.3) is 0 Å². The average molecular weight is 280 g/mol. The Labute approximate surface area is 122 Å². The third-order valence-corrected chi connectivity index (χ3v) is 6.06. The Kier molecular flexibility index (Phi) is 5.43. The second-order valence-corrected chi connectivity index (χ2v) is 6.96. The lowest BCUT2D eigenvalue weighted by Gasteiger charge is -2.42. The molecule has 0 spiro atoms. The molecule has 0 aromatic carbocycles. The number of nitrogens with two attached hydrogens (primary N) is 1. The minimum atomic E-state index is 0.525. The van der Waals surface area contributed by atoms with E-state index < -0.39 is 0 Å². The van der Waals surface area contributed by atoms with Gasteiger partial charge in [0, 0.05) is 28.4 Å². The van der Waals surface area contributed by atoms with Crippen molar-refractivity contribution >= 4 is 11.3 Å². The topological polar surface area (TPSA) is 29.3 Å². The quantitative estimate of drug-likeness (QED) is 0.888. The van der Waals surface area contributed by atoms with E-state index in [1.54, 1.807) is 0 Å². The van der Waals surface area contributed by atoms with Gasteiger partial charge in [-0.15, -0.1) is 11.3 Å². The maximum atomic E-state index is 6.02. The molecule has 3 unspecified atom stereocenters. The van der Waals surface area contributed by atoms with Crippen molar-refractivity contribution in [2.45, 2.75) is 58.5 Å². The SMILES string of the molecule is CCc1ccc(C(C)N2CCC(CC)CC2CN)s1. The number of hydrogen-bond acceptors (Lipinski definition) is 3. The van der Waals surface area contributed by atoms with Crippen LogP contribution in [0.2, 0.25) is 0 Å². The van der Waals surface area contributed by atoms with Crippen LogP contribution in [-0.2, 0) is 6.42 Å². The fraction of sp³-hybridized carbons (Fsp3) is 0.750. The summed E-state index contributed by atoms with van der Waals surface area (Å²) in [5.74, 6) is 0.881. The Morgan fingerprint density at radius 3 is 2.79 bits per heavy atom. The molecular weight excluding hydrogens is 252 g/mol. The first-order valence-electron chi connectivity index (χ1n) is 7.73. The lowest BCUT2D eigenvalue weighted by molar-refractivity contribution is 0.0787. The molecule has 2 nitrogen and oxygen atoms in total. The molecule has 1 aliphatic rings. The molecule has 0 aliphatic carbocycles. The predicted molar refractivity (Wildman–Crippen MR) is 84.7 cm³/mol. The zero-order chi connectivity index (χ0) is 13.8. The summed E-state index contributed by atoms with van der Waals surface area (Å²) < 4.78 is 0. The lowest BCUT2D eigenvalue weighted by atomic mass is 9.88. The van der Waals surface area contributed by atoms with Gasteiger partial charge in [-0.25, -0.2) is 0 Å². The van der Waals surface area contributed by atoms with Gasteiger partial charge in [-0.1, -0.05) is 20.3 Å². The molecule has 0 radical (unpaired) electrons. The van der Waals surface area contributed by atoms with Crippen molar-refractivity contribution in [1.82, 2.24) is 4.90 Å². The smallest absolute Gasteiger partial charge is 0.0416 e. The van der Waals surface area contributed by atoms with E-state index >= 15 is 0 Å². The molecule has 2 heterocycles. The first-order valence-corrected chi connectivity index (χ1v) is 8.55. The van der Waals surface area contributed by atoms with E-state index in [4.69, 9.17) is 5.73 Å². The van der Waals surface area contributed by atoms with Crippen LogP contribution in [0.4, 0.5) is 0 Å². The van der Waals surface area contributed by atoms with Gasteiger partial charge in [0.1, 0.15) is 0 Å². The van der Waals surface area contributed by atoms with Crippen LogP contribution in [0.3, 0.4) is 0 Å². The van der Waals surface area contributed by atoms with Gasteiger partial charge in [0.05, 0.1) is 0 Å². The van der Waals surface area contributed by atoms with Crippen molar-refractivity contribution in [2.24, 2.45) is 11.7 Å². The fourth-order valence-electron chi connectivity index (χ4n) is 3.24. The number of rotatable bonds is 5. The molecule has 19 heavy (non-hydrogen) atoms. The highest BCUT2D eigenvalue weighted by Gasteiger charge is 2.30. The van der Waals surface area contributed by atoms with Gasteiger partial charge in [-0.3, -0.25) is 4.90 Å². The Hall–Kier alpha value is -0.380. The molecule has 3 atom stereocenters. The molecule has 1 saturated heterocycles. The van der Waals surface area contributed by atoms with Crippen LogP contribution in [0.25, 0.3) is 0 Å². The summed E-state index contributed by atoms with van der Waals surface area (Å²) in [5.41, 5.74) is 6.02. The number of likely N-dealkylation sites (tertiary alicyclic amines) is 1. The highest BCUT2D eigenvalue weighted by molar-refractivity contribution is 7.12. The van der Waals surface area contributed by atoms with Gasteiger partial charge >= 0.3 is 0 Å². The number of thiophene rings is 1. The molecule has 2 rings (SSSR count). The summed E-state index contributed by atoms with van der Waals surface area (Å²) in [7, 11) is 0. The Bertz CT molecular complexity index is 388. The van der Waals surface area contributed by atoms with Crippen LogP contribution >= 0.6 is 11.3 Å². The normalized spacial score (nSPS) is 26.5. The number of aryl methyl sites for hydroxylation is 1. The van der Waals surface area contributed by atoms with E-state index in [1.807, 2.05) is 11.3 Å². The third-order valence-electron chi connectivity index (χ3n) is 4.66. The Morgan fingerprint density at radius 1 is 1.42 bits per heavy atom. The fourth-order valence-corrected chi connectivity index (χ4v) is 4.26. The maximum Gasteiger partial charge on any atom is 0.0416 e. The van der Waals surface area contributed by atoms with Crippen LogP contribution in [0.15, 0.2) is 12.1 Å². The zero-order valence-electron chi connectivity index (χ0n) is 12.6. The van der Waals surface area contributed by atoms with Crippen molar-refractivity contribution < 1.29 is 0 Å². The minimum absolute atomic E-state index is 0.525. The first-order chi connectivity index (χ1) is 9.19. The standard InChI is InChI=1S/C16H28N2S/c1-4-13-8-9-18(14(10-13)11-17)12(3)16-7-6-15(5-2)19-16/h6-7,12-14H,4-5,8-11,17H2,1-3H3. The molecule has 1 aliphatic heterocycles. The van der Waals surface area contributed by atoms with Crippen molar-refractivity contribution in [2.75, 3.05) is 13.1 Å². The van der Waals surface area contributed by atoms with Crippen LogP contribution in [0.5, 0.6) is 0 Å². The average Bonchev–Trinajstić information content (AvgIpc) is 2.94. The van der Waals surface area contributed by atoms with Gasteiger partial charge in [-0.2, -0.15) is 0 Å². The molecule has 0 bridgehead atoms. The molecule has 2 N–H and O–H groups in total. The molecule has 1 fully saturated rings. The molecular formula is C16H28N2S. The van der Waals surface area contributed by atoms with Crippen molar-refractivity contribution in [3.8, 4) is 0 Å². The number of nitrogens with zero attached hydrogens (tertiary/aromatic N) is 1. The van der Waals surface area contributed by atoms with Crippen molar-refractivity contribution in [1.29, 1.82) is 0 Å². The lowest BCUT2D eigenvalue weighted by Crippen LogP contribution is -2.47. The predicted octanol–water partition coefficient (Wildman–Crippen LogP) is 3.82. The first kappa shape index (κ1) is 15.0. The molecule has 3 heteroatoms. The second kappa shape index (κ2) is 6.87. The van der Waals surface area contributed by atoms with E-state index in [0.29, 0.717) is 12.1 Å². The molecule has 1 aromatic heterocycles. The van der Waals surface area contributed by atoms with Crippen molar-refractivity contribution in [3.63, 3.8) is 0 Å². The summed E-state index contributed by atoms with van der Waals surface area (Å²) in [6.07, 6.45) is 5.07. The van der Waals surface area contributed by atoms with E-state index in [0.717, 1.165) is 18.9 Å². The van der Waals surface area contributed by atoms with Crippen LogP contribution in [0, 0.1) is 5.92 Å². The van der Waals surface area contributed by atoms with E-state index in [2.05, 4.69) is 37.8 Å². The zero-order valence-corrected chi connectivity index (χ0v) is 13.4. The minimum Gasteiger partial charge on any atom is -0.329 e.